The molecule has 2 aromatic rings. The van der Waals surface area contributed by atoms with Crippen LogP contribution in [0.5, 0.6) is 11.5 Å². The fraction of sp³-hybridized carbons (Fsp3) is 0.421. The van der Waals surface area contributed by atoms with Crippen LogP contribution in [0.2, 0.25) is 10.0 Å². The molecule has 0 bridgehead atoms. The first-order valence-corrected chi connectivity index (χ1v) is 10.2. The zero-order chi connectivity index (χ0) is 22.3. The van der Waals surface area contributed by atoms with Crippen molar-refractivity contribution >= 4 is 46.7 Å². The minimum Gasteiger partial charge on any atom is -0.495 e. The highest BCUT2D eigenvalue weighted by Crippen LogP contribution is 2.47. The van der Waals surface area contributed by atoms with Crippen molar-refractivity contribution < 1.29 is 19.0 Å². The summed E-state index contributed by atoms with van der Waals surface area (Å²) in [5, 5.41) is 3.57. The van der Waals surface area contributed by atoms with Gasteiger partial charge in [-0.25, -0.2) is 9.78 Å². The first kappa shape index (κ1) is 21.7. The molecule has 1 aromatic heterocycles. The number of urea groups is 1. The van der Waals surface area contributed by atoms with Gasteiger partial charge in [0.15, 0.2) is 0 Å². The number of carbonyl (C=O) groups excluding carboxylic acids is 1. The molecule has 10 nitrogen and oxygen atoms in total. The Bertz CT molecular complexity index is 995. The summed E-state index contributed by atoms with van der Waals surface area (Å²) in [6, 6.07) is 0.957. The molecule has 1 saturated heterocycles. The van der Waals surface area contributed by atoms with Gasteiger partial charge in [-0.3, -0.25) is 9.80 Å². The largest absolute Gasteiger partial charge is 0.495 e. The van der Waals surface area contributed by atoms with E-state index in [-0.39, 0.29) is 34.7 Å². The number of halogens is 2. The average molecular weight is 469 g/mol. The first-order valence-electron chi connectivity index (χ1n) is 9.46. The Labute approximate surface area is 189 Å². The molecule has 3 N–H and O–H groups in total. The van der Waals surface area contributed by atoms with Gasteiger partial charge in [0.05, 0.1) is 51.7 Å². The van der Waals surface area contributed by atoms with Gasteiger partial charge < -0.3 is 25.3 Å². The summed E-state index contributed by atoms with van der Waals surface area (Å²) in [6.07, 6.45) is 1.65. The van der Waals surface area contributed by atoms with E-state index in [1.54, 1.807) is 19.3 Å². The van der Waals surface area contributed by atoms with Gasteiger partial charge in [0, 0.05) is 24.9 Å². The molecule has 31 heavy (non-hydrogen) atoms. The normalized spacial score (nSPS) is 20.6. The number of nitrogens with one attached hydrogen (secondary N) is 1. The number of hydrogen-bond donors (Lipinski definition) is 2. The number of hydrogen-bond acceptors (Lipinski definition) is 8. The Morgan fingerprint density at radius 2 is 1.90 bits per heavy atom. The standard InChI is InChI=1S/C19H22Cl2N6O4/c1-26-17-9(5-23-18(25-17)24-11-8-31-7-10(11)22)6-27(19(26)28)16-14(20)12(29-2)4-13(30-3)15(16)21/h4-5,10-11H,6-8,22H2,1-3H3,(H,23,24,25). The number of amides is 2. The molecule has 2 aliphatic heterocycles. The lowest BCUT2D eigenvalue weighted by Gasteiger charge is -2.35. The molecule has 2 amide bonds. The second kappa shape index (κ2) is 8.54. The molecule has 0 radical (unpaired) electrons. The topological polar surface area (TPSA) is 115 Å². The predicted molar refractivity (Wildman–Crippen MR) is 118 cm³/mol. The van der Waals surface area contributed by atoms with Gasteiger partial charge in [0.1, 0.15) is 27.4 Å². The third-order valence-corrected chi connectivity index (χ3v) is 6.00. The highest BCUT2D eigenvalue weighted by molar-refractivity contribution is 6.42. The highest BCUT2D eigenvalue weighted by atomic mass is 35.5. The van der Waals surface area contributed by atoms with E-state index < -0.39 is 0 Å². The zero-order valence-corrected chi connectivity index (χ0v) is 18.7. The number of nitrogens with zero attached hydrogens (tertiary/aromatic N) is 4. The maximum absolute atomic E-state index is 13.2. The number of nitrogens with two attached hydrogens (primary N) is 1. The van der Waals surface area contributed by atoms with Crippen molar-refractivity contribution in [1.29, 1.82) is 0 Å². The van der Waals surface area contributed by atoms with E-state index >= 15 is 0 Å². The van der Waals surface area contributed by atoms with Crippen molar-refractivity contribution in [2.24, 2.45) is 5.73 Å². The summed E-state index contributed by atoms with van der Waals surface area (Å²) in [5.41, 5.74) is 7.02. The summed E-state index contributed by atoms with van der Waals surface area (Å²) >= 11 is 13.0. The summed E-state index contributed by atoms with van der Waals surface area (Å²) in [7, 11) is 4.57. The van der Waals surface area contributed by atoms with E-state index in [1.807, 2.05) is 0 Å². The molecule has 0 spiro atoms. The second-order valence-corrected chi connectivity index (χ2v) is 7.94. The summed E-state index contributed by atoms with van der Waals surface area (Å²) < 4.78 is 16.0. The van der Waals surface area contributed by atoms with E-state index in [2.05, 4.69) is 15.3 Å². The van der Waals surface area contributed by atoms with Gasteiger partial charge in [-0.2, -0.15) is 4.98 Å². The van der Waals surface area contributed by atoms with Crippen LogP contribution in [-0.4, -0.2) is 62.6 Å². The fourth-order valence-corrected chi connectivity index (χ4v) is 4.25. The Balaban J connectivity index is 1.69. The van der Waals surface area contributed by atoms with Crippen LogP contribution in [-0.2, 0) is 11.3 Å². The van der Waals surface area contributed by atoms with Gasteiger partial charge in [-0.05, 0) is 0 Å². The Kier molecular flexibility index (Phi) is 5.98. The van der Waals surface area contributed by atoms with Crippen LogP contribution in [0.3, 0.4) is 0 Å². The molecule has 0 aliphatic carbocycles. The van der Waals surface area contributed by atoms with E-state index in [0.29, 0.717) is 47.7 Å². The summed E-state index contributed by atoms with van der Waals surface area (Å²) in [4.78, 5) is 25.0. The SMILES string of the molecule is COc1cc(OC)c(Cl)c(N2Cc3cnc(NC4COCC4N)nc3N(C)C2=O)c1Cl. The van der Waals surface area contributed by atoms with Crippen LogP contribution < -0.4 is 30.3 Å². The lowest BCUT2D eigenvalue weighted by molar-refractivity contribution is 0.192. The molecule has 1 fully saturated rings. The highest BCUT2D eigenvalue weighted by Gasteiger charge is 2.35. The molecule has 2 unspecified atom stereocenters. The van der Waals surface area contributed by atoms with Gasteiger partial charge >= 0.3 is 6.03 Å². The summed E-state index contributed by atoms with van der Waals surface area (Å²) in [6.45, 7) is 1.11. The minimum absolute atomic E-state index is 0.0963. The number of fused-ring (bicyclic) bond motifs is 1. The number of aromatic nitrogens is 2. The van der Waals surface area contributed by atoms with Crippen molar-refractivity contribution in [3.8, 4) is 11.5 Å². The maximum atomic E-state index is 13.2. The van der Waals surface area contributed by atoms with Crippen LogP contribution in [0, 0.1) is 0 Å². The Hall–Kier alpha value is -2.53. The van der Waals surface area contributed by atoms with Crippen molar-refractivity contribution in [2.45, 2.75) is 18.6 Å². The molecular formula is C19H22Cl2N6O4. The number of rotatable bonds is 5. The quantitative estimate of drug-likeness (QED) is 0.687. The van der Waals surface area contributed by atoms with Crippen LogP contribution >= 0.6 is 23.2 Å². The van der Waals surface area contributed by atoms with Crippen molar-refractivity contribution in [1.82, 2.24) is 9.97 Å². The van der Waals surface area contributed by atoms with E-state index in [1.165, 1.54) is 24.0 Å². The molecule has 1 aromatic carbocycles. The van der Waals surface area contributed by atoms with E-state index in [0.717, 1.165) is 0 Å². The molecule has 2 atom stereocenters. The molecule has 166 valence electrons. The molecule has 0 saturated carbocycles. The van der Waals surface area contributed by atoms with Crippen molar-refractivity contribution in [3.63, 3.8) is 0 Å². The van der Waals surface area contributed by atoms with Crippen LogP contribution in [0.1, 0.15) is 5.56 Å². The average Bonchev–Trinajstić information content (AvgIpc) is 3.16. The van der Waals surface area contributed by atoms with E-state index in [4.69, 9.17) is 43.1 Å². The maximum Gasteiger partial charge on any atom is 0.330 e. The van der Waals surface area contributed by atoms with Gasteiger partial charge in [-0.1, -0.05) is 23.2 Å². The molecule has 3 heterocycles. The number of methoxy groups -OCH3 is 2. The lowest BCUT2D eigenvalue weighted by atomic mass is 10.1. The predicted octanol–water partition coefficient (Wildman–Crippen LogP) is 2.52. The lowest BCUT2D eigenvalue weighted by Crippen LogP contribution is -2.46. The smallest absolute Gasteiger partial charge is 0.330 e. The van der Waals surface area contributed by atoms with Gasteiger partial charge in [-0.15, -0.1) is 0 Å². The fourth-order valence-electron chi connectivity index (χ4n) is 3.55. The monoisotopic (exact) mass is 468 g/mol. The molecular weight excluding hydrogens is 447 g/mol. The molecule has 2 aliphatic rings. The molecule has 12 heteroatoms. The third-order valence-electron chi connectivity index (χ3n) is 5.27. The minimum atomic E-state index is -0.364. The van der Waals surface area contributed by atoms with Crippen molar-refractivity contribution in [3.05, 3.63) is 27.9 Å². The molecule has 4 rings (SSSR count). The van der Waals surface area contributed by atoms with Gasteiger partial charge in [0.2, 0.25) is 5.95 Å². The Morgan fingerprint density at radius 3 is 2.48 bits per heavy atom. The Morgan fingerprint density at radius 1 is 1.23 bits per heavy atom. The van der Waals surface area contributed by atoms with Crippen LogP contribution in [0.4, 0.5) is 22.2 Å². The number of anilines is 3. The van der Waals surface area contributed by atoms with Gasteiger partial charge in [0.25, 0.3) is 0 Å². The second-order valence-electron chi connectivity index (χ2n) is 7.18. The number of benzene rings is 1. The number of carbonyl (C=O) groups is 1. The summed E-state index contributed by atoms with van der Waals surface area (Å²) in [5.74, 6) is 1.53. The van der Waals surface area contributed by atoms with E-state index in [9.17, 15) is 4.79 Å². The number of ether oxygens (including phenoxy) is 3. The first-order chi connectivity index (χ1) is 14.8. The van der Waals surface area contributed by atoms with Crippen molar-refractivity contribution in [2.75, 3.05) is 49.6 Å². The van der Waals surface area contributed by atoms with Crippen LogP contribution in [0.15, 0.2) is 12.3 Å². The van der Waals surface area contributed by atoms with Crippen LogP contribution in [0.25, 0.3) is 0 Å². The third kappa shape index (κ3) is 3.80. The zero-order valence-electron chi connectivity index (χ0n) is 17.2.